The molecule has 0 atom stereocenters. The summed E-state index contributed by atoms with van der Waals surface area (Å²) in [5.74, 6) is 1.25. The Morgan fingerprint density at radius 2 is 2.05 bits per heavy atom. The first-order valence-electron chi connectivity index (χ1n) is 7.13. The molecule has 0 aliphatic heterocycles. The summed E-state index contributed by atoms with van der Waals surface area (Å²) >= 11 is 3.15. The highest BCUT2D eigenvalue weighted by Crippen LogP contribution is 2.18. The molecule has 0 fully saturated rings. The first-order valence-corrected chi connectivity index (χ1v) is 9.11. The Balaban J connectivity index is 1.65. The Kier molecular flexibility index (Phi) is 6.79. The standard InChI is InChI=1S/C15H20N4OS2/c1-12(2)19-11-17-18-15(19)22-10-14(20)16-8-9-21-13-6-4-3-5-7-13/h3-7,11-12H,8-10H2,1-2H3,(H,16,20). The van der Waals surface area contributed by atoms with Gasteiger partial charge >= 0.3 is 0 Å². The summed E-state index contributed by atoms with van der Waals surface area (Å²) < 4.78 is 1.96. The van der Waals surface area contributed by atoms with E-state index in [1.54, 1.807) is 18.1 Å². The highest BCUT2D eigenvalue weighted by Gasteiger charge is 2.10. The number of nitrogens with zero attached hydrogens (tertiary/aromatic N) is 3. The van der Waals surface area contributed by atoms with Crippen LogP contribution in [0.5, 0.6) is 0 Å². The van der Waals surface area contributed by atoms with Crippen molar-refractivity contribution in [3.05, 3.63) is 36.7 Å². The minimum Gasteiger partial charge on any atom is -0.355 e. The Bertz CT molecular complexity index is 586. The van der Waals surface area contributed by atoms with Crippen molar-refractivity contribution in [3.63, 3.8) is 0 Å². The van der Waals surface area contributed by atoms with Gasteiger partial charge in [-0.3, -0.25) is 4.79 Å². The van der Waals surface area contributed by atoms with Gasteiger partial charge in [-0.1, -0.05) is 30.0 Å². The molecule has 5 nitrogen and oxygen atoms in total. The molecule has 1 heterocycles. The highest BCUT2D eigenvalue weighted by atomic mass is 32.2. The van der Waals surface area contributed by atoms with E-state index in [1.165, 1.54) is 16.7 Å². The van der Waals surface area contributed by atoms with Gasteiger partial charge in [0.2, 0.25) is 5.91 Å². The average Bonchev–Trinajstić information content (AvgIpc) is 2.99. The number of hydrogen-bond donors (Lipinski definition) is 1. The molecule has 0 saturated heterocycles. The number of rotatable bonds is 8. The van der Waals surface area contributed by atoms with Crippen LogP contribution in [0.2, 0.25) is 0 Å². The number of nitrogens with one attached hydrogen (secondary N) is 1. The largest absolute Gasteiger partial charge is 0.355 e. The molecule has 2 rings (SSSR count). The Morgan fingerprint density at radius 3 is 2.77 bits per heavy atom. The molecule has 0 unspecified atom stereocenters. The number of carbonyl (C=O) groups excluding carboxylic acids is 1. The van der Waals surface area contributed by atoms with Gasteiger partial charge in [0.05, 0.1) is 5.75 Å². The lowest BCUT2D eigenvalue weighted by atomic mass is 10.4. The fraction of sp³-hybridized carbons (Fsp3) is 0.400. The molecular formula is C15H20N4OS2. The van der Waals surface area contributed by atoms with Crippen molar-refractivity contribution in [2.24, 2.45) is 0 Å². The predicted octanol–water partition coefficient (Wildman–Crippen LogP) is 2.86. The van der Waals surface area contributed by atoms with E-state index in [0.717, 1.165) is 10.9 Å². The third-order valence-corrected chi connectivity index (χ3v) is 4.84. The number of thioether (sulfide) groups is 2. The first kappa shape index (κ1) is 16.9. The third kappa shape index (κ3) is 5.38. The van der Waals surface area contributed by atoms with Crippen molar-refractivity contribution < 1.29 is 4.79 Å². The molecule has 118 valence electrons. The van der Waals surface area contributed by atoms with E-state index < -0.39 is 0 Å². The maximum absolute atomic E-state index is 11.8. The molecule has 22 heavy (non-hydrogen) atoms. The number of aromatic nitrogens is 3. The van der Waals surface area contributed by atoms with Crippen molar-refractivity contribution >= 4 is 29.4 Å². The van der Waals surface area contributed by atoms with Crippen LogP contribution in [0.25, 0.3) is 0 Å². The van der Waals surface area contributed by atoms with Gasteiger partial charge in [-0.15, -0.1) is 22.0 Å². The van der Waals surface area contributed by atoms with Gasteiger partial charge < -0.3 is 9.88 Å². The molecule has 0 spiro atoms. The van der Waals surface area contributed by atoms with Crippen LogP contribution in [0, 0.1) is 0 Å². The zero-order valence-corrected chi connectivity index (χ0v) is 14.4. The summed E-state index contributed by atoms with van der Waals surface area (Å²) in [6.45, 7) is 4.79. The smallest absolute Gasteiger partial charge is 0.230 e. The van der Waals surface area contributed by atoms with Crippen LogP contribution in [-0.4, -0.2) is 38.7 Å². The fourth-order valence-electron chi connectivity index (χ4n) is 1.75. The van der Waals surface area contributed by atoms with Crippen molar-refractivity contribution in [2.45, 2.75) is 29.9 Å². The number of carbonyl (C=O) groups is 1. The highest BCUT2D eigenvalue weighted by molar-refractivity contribution is 7.99. The van der Waals surface area contributed by atoms with E-state index in [0.29, 0.717) is 18.3 Å². The topological polar surface area (TPSA) is 59.8 Å². The lowest BCUT2D eigenvalue weighted by molar-refractivity contribution is -0.118. The number of amides is 1. The Hall–Kier alpha value is -1.47. The van der Waals surface area contributed by atoms with Gasteiger partial charge in [-0.25, -0.2) is 0 Å². The van der Waals surface area contributed by atoms with Gasteiger partial charge in [-0.2, -0.15) is 0 Å². The summed E-state index contributed by atoms with van der Waals surface area (Å²) in [7, 11) is 0. The van der Waals surface area contributed by atoms with Crippen LogP contribution in [0.15, 0.2) is 46.7 Å². The van der Waals surface area contributed by atoms with Crippen LogP contribution in [0.3, 0.4) is 0 Å². The second-order valence-electron chi connectivity index (χ2n) is 4.91. The molecule has 0 aliphatic rings. The quantitative estimate of drug-likeness (QED) is 0.593. The molecule has 7 heteroatoms. The molecule has 0 aliphatic carbocycles. The van der Waals surface area contributed by atoms with Crippen LogP contribution < -0.4 is 5.32 Å². The van der Waals surface area contributed by atoms with Gasteiger partial charge in [0.25, 0.3) is 0 Å². The maximum atomic E-state index is 11.8. The third-order valence-electron chi connectivity index (χ3n) is 2.87. The van der Waals surface area contributed by atoms with Gasteiger partial charge in [0, 0.05) is 23.2 Å². The van der Waals surface area contributed by atoms with Crippen molar-refractivity contribution in [2.75, 3.05) is 18.1 Å². The molecule has 2 aromatic rings. The molecule has 0 bridgehead atoms. The molecule has 1 aromatic carbocycles. The summed E-state index contributed by atoms with van der Waals surface area (Å²) in [4.78, 5) is 13.1. The fourth-order valence-corrected chi connectivity index (χ4v) is 3.41. The van der Waals surface area contributed by atoms with Crippen molar-refractivity contribution in [3.8, 4) is 0 Å². The SMILES string of the molecule is CC(C)n1cnnc1SCC(=O)NCCSc1ccccc1. The minimum absolute atomic E-state index is 0.0250. The van der Waals surface area contributed by atoms with E-state index in [4.69, 9.17) is 0 Å². The monoisotopic (exact) mass is 336 g/mol. The summed E-state index contributed by atoms with van der Waals surface area (Å²) in [6, 6.07) is 10.5. The van der Waals surface area contributed by atoms with E-state index in [1.807, 2.05) is 22.8 Å². The molecule has 1 aromatic heterocycles. The van der Waals surface area contributed by atoms with E-state index in [9.17, 15) is 4.79 Å². The van der Waals surface area contributed by atoms with E-state index >= 15 is 0 Å². The number of hydrogen-bond acceptors (Lipinski definition) is 5. The second kappa shape index (κ2) is 8.85. The summed E-state index contributed by atoms with van der Waals surface area (Å²) in [5.41, 5.74) is 0. The normalized spacial score (nSPS) is 10.9. The van der Waals surface area contributed by atoms with Crippen molar-refractivity contribution in [1.29, 1.82) is 0 Å². The molecule has 0 saturated carbocycles. The minimum atomic E-state index is 0.0250. The van der Waals surface area contributed by atoms with Gasteiger partial charge in [0.1, 0.15) is 6.33 Å². The maximum Gasteiger partial charge on any atom is 0.230 e. The van der Waals surface area contributed by atoms with Crippen molar-refractivity contribution in [1.82, 2.24) is 20.1 Å². The lowest BCUT2D eigenvalue weighted by Crippen LogP contribution is -2.27. The summed E-state index contributed by atoms with van der Waals surface area (Å²) in [5, 5.41) is 11.6. The molecule has 1 amide bonds. The predicted molar refractivity (Wildman–Crippen MR) is 91.3 cm³/mol. The van der Waals surface area contributed by atoms with E-state index in [2.05, 4.69) is 41.5 Å². The van der Waals surface area contributed by atoms with Crippen LogP contribution >= 0.6 is 23.5 Å². The lowest BCUT2D eigenvalue weighted by Gasteiger charge is -2.09. The van der Waals surface area contributed by atoms with Crippen LogP contribution in [-0.2, 0) is 4.79 Å². The molecule has 0 radical (unpaired) electrons. The zero-order chi connectivity index (χ0) is 15.8. The molecule has 1 N–H and O–H groups in total. The molecular weight excluding hydrogens is 316 g/mol. The second-order valence-corrected chi connectivity index (χ2v) is 7.03. The zero-order valence-electron chi connectivity index (χ0n) is 12.7. The van der Waals surface area contributed by atoms with Crippen LogP contribution in [0.1, 0.15) is 19.9 Å². The average molecular weight is 336 g/mol. The Morgan fingerprint density at radius 1 is 1.27 bits per heavy atom. The van der Waals surface area contributed by atoms with Gasteiger partial charge in [0.15, 0.2) is 5.16 Å². The van der Waals surface area contributed by atoms with Crippen LogP contribution in [0.4, 0.5) is 0 Å². The Labute approximate surface area is 139 Å². The van der Waals surface area contributed by atoms with E-state index in [-0.39, 0.29) is 5.91 Å². The van der Waals surface area contributed by atoms with Gasteiger partial charge in [-0.05, 0) is 26.0 Å². The number of benzene rings is 1. The first-order chi connectivity index (χ1) is 10.7. The summed E-state index contributed by atoms with van der Waals surface area (Å²) in [6.07, 6.45) is 1.70.